The number of carbonyl (C=O) groups excluding carboxylic acids is 2. The zero-order chi connectivity index (χ0) is 21.3. The fourth-order valence-corrected chi connectivity index (χ4v) is 2.97. The van der Waals surface area contributed by atoms with E-state index in [1.807, 2.05) is 78.5 Å². The first-order valence-electron chi connectivity index (χ1n) is 9.90. The number of ether oxygens (including phenoxy) is 1. The Morgan fingerprint density at radius 2 is 1.77 bits per heavy atom. The van der Waals surface area contributed by atoms with Crippen LogP contribution < -0.4 is 5.32 Å². The first-order chi connectivity index (χ1) is 14.6. The molecule has 154 valence electrons. The van der Waals surface area contributed by atoms with Crippen molar-refractivity contribution in [3.8, 4) is 11.3 Å². The van der Waals surface area contributed by atoms with Gasteiger partial charge in [-0.05, 0) is 25.5 Å². The van der Waals surface area contributed by atoms with E-state index >= 15 is 0 Å². The van der Waals surface area contributed by atoms with E-state index in [4.69, 9.17) is 9.84 Å². The Bertz CT molecular complexity index is 1010. The van der Waals surface area contributed by atoms with E-state index in [1.165, 1.54) is 6.08 Å². The lowest BCUT2D eigenvalue weighted by molar-refractivity contribution is -0.150. The minimum absolute atomic E-state index is 0.320. The predicted octanol–water partition coefficient (Wildman–Crippen LogP) is 3.68. The predicted molar refractivity (Wildman–Crippen MR) is 116 cm³/mol. The molecule has 6 nitrogen and oxygen atoms in total. The maximum absolute atomic E-state index is 12.2. The number of carbonyl (C=O) groups is 2. The second-order valence-corrected chi connectivity index (χ2v) is 6.79. The van der Waals surface area contributed by atoms with Gasteiger partial charge in [-0.25, -0.2) is 4.79 Å². The van der Waals surface area contributed by atoms with Gasteiger partial charge in [-0.15, -0.1) is 0 Å². The lowest BCUT2D eigenvalue weighted by Gasteiger charge is -2.10. The van der Waals surface area contributed by atoms with Gasteiger partial charge in [0.25, 0.3) is 5.91 Å². The Morgan fingerprint density at radius 3 is 2.43 bits per heavy atom. The summed E-state index contributed by atoms with van der Waals surface area (Å²) in [5.74, 6) is -0.900. The summed E-state index contributed by atoms with van der Waals surface area (Å²) >= 11 is 0. The molecular formula is C24H25N3O3. The minimum Gasteiger partial charge on any atom is -0.449 e. The van der Waals surface area contributed by atoms with Crippen LogP contribution in [-0.2, 0) is 20.9 Å². The largest absolute Gasteiger partial charge is 0.449 e. The van der Waals surface area contributed by atoms with Crippen molar-refractivity contribution < 1.29 is 14.3 Å². The first-order valence-corrected chi connectivity index (χ1v) is 9.90. The maximum Gasteiger partial charge on any atom is 0.331 e. The highest BCUT2D eigenvalue weighted by Crippen LogP contribution is 2.23. The smallest absolute Gasteiger partial charge is 0.331 e. The van der Waals surface area contributed by atoms with Gasteiger partial charge in [0.15, 0.2) is 6.10 Å². The number of esters is 1. The molecule has 6 heteroatoms. The van der Waals surface area contributed by atoms with Gasteiger partial charge in [-0.3, -0.25) is 9.48 Å². The topological polar surface area (TPSA) is 73.2 Å². The van der Waals surface area contributed by atoms with E-state index in [9.17, 15) is 9.59 Å². The summed E-state index contributed by atoms with van der Waals surface area (Å²) < 4.78 is 7.02. The molecule has 0 saturated heterocycles. The fourth-order valence-electron chi connectivity index (χ4n) is 2.97. The lowest BCUT2D eigenvalue weighted by atomic mass is 10.1. The molecule has 0 saturated carbocycles. The summed E-state index contributed by atoms with van der Waals surface area (Å²) in [5.41, 5.74) is 3.64. The Morgan fingerprint density at radius 1 is 1.10 bits per heavy atom. The molecule has 0 aliphatic heterocycles. The number of rotatable bonds is 8. The van der Waals surface area contributed by atoms with Gasteiger partial charge in [-0.1, -0.05) is 60.7 Å². The van der Waals surface area contributed by atoms with Crippen molar-refractivity contribution in [2.24, 2.45) is 0 Å². The van der Waals surface area contributed by atoms with Crippen LogP contribution in [0, 0.1) is 0 Å². The molecular weight excluding hydrogens is 378 g/mol. The highest BCUT2D eigenvalue weighted by Gasteiger charge is 2.16. The van der Waals surface area contributed by atoms with Crippen LogP contribution in [-0.4, -0.2) is 34.3 Å². The van der Waals surface area contributed by atoms with Crippen molar-refractivity contribution in [3.63, 3.8) is 0 Å². The molecule has 3 aromatic rings. The Kier molecular flexibility index (Phi) is 7.16. The van der Waals surface area contributed by atoms with Gasteiger partial charge in [0.05, 0.1) is 12.2 Å². The summed E-state index contributed by atoms with van der Waals surface area (Å²) in [5, 5.41) is 7.34. The second kappa shape index (κ2) is 10.2. The molecule has 30 heavy (non-hydrogen) atoms. The third-order valence-electron chi connectivity index (χ3n) is 4.44. The van der Waals surface area contributed by atoms with E-state index < -0.39 is 12.1 Å². The van der Waals surface area contributed by atoms with Crippen molar-refractivity contribution in [1.29, 1.82) is 0 Å². The van der Waals surface area contributed by atoms with E-state index in [-0.39, 0.29) is 5.91 Å². The zero-order valence-corrected chi connectivity index (χ0v) is 17.1. The highest BCUT2D eigenvalue weighted by molar-refractivity contribution is 5.91. The van der Waals surface area contributed by atoms with E-state index in [2.05, 4.69) is 5.32 Å². The molecule has 0 aliphatic rings. The molecule has 1 heterocycles. The molecule has 1 amide bonds. The Labute approximate surface area is 176 Å². The van der Waals surface area contributed by atoms with Gasteiger partial charge >= 0.3 is 5.97 Å². The molecule has 1 N–H and O–H groups in total. The van der Waals surface area contributed by atoms with Crippen LogP contribution in [0.1, 0.15) is 25.0 Å². The van der Waals surface area contributed by atoms with Crippen molar-refractivity contribution >= 4 is 18.0 Å². The lowest BCUT2D eigenvalue weighted by Crippen LogP contribution is -2.35. The van der Waals surface area contributed by atoms with Crippen molar-refractivity contribution in [1.82, 2.24) is 15.1 Å². The number of hydrogen-bond donors (Lipinski definition) is 1. The number of nitrogens with zero attached hydrogens (tertiary/aromatic N) is 2. The summed E-state index contributed by atoms with van der Waals surface area (Å²) in [6, 6.07) is 19.8. The number of hydrogen-bond acceptors (Lipinski definition) is 4. The standard InChI is InChI=1S/C24H25N3O3/c1-3-25-24(29)18(2)30-22(28)15-14-21-17-27(16-19-10-6-4-7-11-19)26-23(21)20-12-8-5-9-13-20/h4-15,17-18H,3,16H2,1-2H3,(H,25,29)/b15-14+/t18-/m0/s1. The molecule has 1 atom stereocenters. The SMILES string of the molecule is CCNC(=O)[C@H](C)OC(=O)/C=C/c1cn(Cc2ccccc2)nc1-c1ccccc1. The summed E-state index contributed by atoms with van der Waals surface area (Å²) in [7, 11) is 0. The third-order valence-corrected chi connectivity index (χ3v) is 4.44. The van der Waals surface area contributed by atoms with E-state index in [0.29, 0.717) is 13.1 Å². The number of likely N-dealkylation sites (N-methyl/N-ethyl adjacent to an activating group) is 1. The highest BCUT2D eigenvalue weighted by atomic mass is 16.5. The molecule has 2 aromatic carbocycles. The number of nitrogens with one attached hydrogen (secondary N) is 1. The van der Waals surface area contributed by atoms with Crippen LogP contribution in [0.2, 0.25) is 0 Å². The van der Waals surface area contributed by atoms with Crippen molar-refractivity contribution in [3.05, 3.63) is 84.1 Å². The third kappa shape index (κ3) is 5.67. The minimum atomic E-state index is -0.850. The maximum atomic E-state index is 12.2. The summed E-state index contributed by atoms with van der Waals surface area (Å²) in [6.45, 7) is 4.46. The molecule has 0 radical (unpaired) electrons. The molecule has 0 unspecified atom stereocenters. The van der Waals surface area contributed by atoms with Crippen LogP contribution in [0.3, 0.4) is 0 Å². The van der Waals surface area contributed by atoms with Gasteiger partial charge < -0.3 is 10.1 Å². The van der Waals surface area contributed by atoms with E-state index in [0.717, 1.165) is 22.4 Å². The molecule has 1 aromatic heterocycles. The van der Waals surface area contributed by atoms with Crippen LogP contribution in [0.4, 0.5) is 0 Å². The van der Waals surface area contributed by atoms with Crippen LogP contribution in [0.25, 0.3) is 17.3 Å². The average Bonchev–Trinajstić information content (AvgIpc) is 3.16. The quantitative estimate of drug-likeness (QED) is 0.460. The molecule has 3 rings (SSSR count). The van der Waals surface area contributed by atoms with Crippen LogP contribution in [0.15, 0.2) is 72.9 Å². The number of aromatic nitrogens is 2. The number of amides is 1. The number of benzene rings is 2. The monoisotopic (exact) mass is 403 g/mol. The molecule has 0 spiro atoms. The molecule has 0 fully saturated rings. The normalized spacial score (nSPS) is 11.9. The Hall–Kier alpha value is -3.67. The Balaban J connectivity index is 1.80. The van der Waals surface area contributed by atoms with Gasteiger partial charge in [0, 0.05) is 29.9 Å². The van der Waals surface area contributed by atoms with Gasteiger partial charge in [-0.2, -0.15) is 5.10 Å². The zero-order valence-electron chi connectivity index (χ0n) is 17.1. The first kappa shape index (κ1) is 21.0. The van der Waals surface area contributed by atoms with Gasteiger partial charge in [0.1, 0.15) is 0 Å². The second-order valence-electron chi connectivity index (χ2n) is 6.79. The molecule has 0 bridgehead atoms. The molecule has 0 aliphatic carbocycles. The average molecular weight is 403 g/mol. The summed E-state index contributed by atoms with van der Waals surface area (Å²) in [6.07, 6.45) is 4.04. The summed E-state index contributed by atoms with van der Waals surface area (Å²) in [4.78, 5) is 23.9. The van der Waals surface area contributed by atoms with Gasteiger partial charge in [0.2, 0.25) is 0 Å². The van der Waals surface area contributed by atoms with Crippen molar-refractivity contribution in [2.75, 3.05) is 6.54 Å². The fraction of sp³-hybridized carbons (Fsp3) is 0.208. The van der Waals surface area contributed by atoms with Crippen molar-refractivity contribution in [2.45, 2.75) is 26.5 Å². The van der Waals surface area contributed by atoms with Crippen LogP contribution >= 0.6 is 0 Å². The van der Waals surface area contributed by atoms with E-state index in [1.54, 1.807) is 13.0 Å². The van der Waals surface area contributed by atoms with Crippen LogP contribution in [0.5, 0.6) is 0 Å².